The third-order valence-corrected chi connectivity index (χ3v) is 1.86. The largest absolute Gasteiger partial charge is 0.207 e. The van der Waals surface area contributed by atoms with E-state index in [-0.39, 0.29) is 5.82 Å². The van der Waals surface area contributed by atoms with Crippen LogP contribution in [0.3, 0.4) is 0 Å². The maximum absolute atomic E-state index is 13.0. The quantitative estimate of drug-likeness (QED) is 0.662. The van der Waals surface area contributed by atoms with Crippen molar-refractivity contribution in [1.29, 1.82) is 0 Å². The second-order valence-corrected chi connectivity index (χ2v) is 3.69. The monoisotopic (exact) mass is 178 g/mol. The molecule has 70 valence electrons. The van der Waals surface area contributed by atoms with E-state index in [0.717, 1.165) is 17.5 Å². The molecule has 0 N–H and O–H groups in total. The molecule has 13 heavy (non-hydrogen) atoms. The molecule has 0 atom stereocenters. The van der Waals surface area contributed by atoms with Crippen LogP contribution < -0.4 is 0 Å². The first-order chi connectivity index (χ1) is 6.11. The third kappa shape index (κ3) is 3.02. The fraction of sp³-hybridized carbons (Fsp3) is 0.333. The van der Waals surface area contributed by atoms with Crippen LogP contribution in [-0.2, 0) is 6.42 Å². The Morgan fingerprint density at radius 3 is 2.62 bits per heavy atom. The number of hydrogen-bond donors (Lipinski definition) is 0. The van der Waals surface area contributed by atoms with Crippen LogP contribution in [0.2, 0.25) is 0 Å². The first-order valence-corrected chi connectivity index (χ1v) is 4.53. The molecule has 0 radical (unpaired) electrons. The van der Waals surface area contributed by atoms with Crippen LogP contribution in [0.5, 0.6) is 0 Å². The van der Waals surface area contributed by atoms with Crippen LogP contribution in [0.4, 0.5) is 4.39 Å². The third-order valence-electron chi connectivity index (χ3n) is 1.86. The number of hydrogen-bond acceptors (Lipinski definition) is 0. The molecule has 0 aromatic heterocycles. The van der Waals surface area contributed by atoms with Gasteiger partial charge in [-0.1, -0.05) is 32.6 Å². The molecule has 0 spiro atoms. The molecule has 0 fully saturated rings. The molecule has 1 heteroatoms. The minimum atomic E-state index is -0.173. The molecule has 0 unspecified atom stereocenters. The van der Waals surface area contributed by atoms with Crippen molar-refractivity contribution in [2.24, 2.45) is 5.92 Å². The van der Waals surface area contributed by atoms with E-state index in [1.807, 2.05) is 6.07 Å². The van der Waals surface area contributed by atoms with Crippen molar-refractivity contribution in [3.8, 4) is 0 Å². The summed E-state index contributed by atoms with van der Waals surface area (Å²) < 4.78 is 13.0. The summed E-state index contributed by atoms with van der Waals surface area (Å²) in [5.74, 6) is 0.382. The lowest BCUT2D eigenvalue weighted by atomic mass is 10.0. The molecule has 0 aliphatic carbocycles. The Labute approximate surface area is 79.1 Å². The standard InChI is InChI=1S/C12H15F/c1-4-10-6-11(5-9(2)3)8-12(13)7-10/h4,6-9H,1,5H2,2-3H3. The molecule has 0 bridgehead atoms. The normalized spacial score (nSPS) is 10.5. The minimum Gasteiger partial charge on any atom is -0.207 e. The van der Waals surface area contributed by atoms with Gasteiger partial charge in [-0.25, -0.2) is 4.39 Å². The van der Waals surface area contributed by atoms with E-state index in [2.05, 4.69) is 20.4 Å². The number of benzene rings is 1. The van der Waals surface area contributed by atoms with Crippen LogP contribution in [0, 0.1) is 11.7 Å². The molecule has 1 aromatic rings. The van der Waals surface area contributed by atoms with Gasteiger partial charge in [0.2, 0.25) is 0 Å². The summed E-state index contributed by atoms with van der Waals surface area (Å²) in [6, 6.07) is 5.07. The maximum Gasteiger partial charge on any atom is 0.124 e. The van der Waals surface area contributed by atoms with Gasteiger partial charge in [-0.2, -0.15) is 0 Å². The average Bonchev–Trinajstić information content (AvgIpc) is 2.01. The Bertz CT molecular complexity index is 300. The molecule has 0 nitrogen and oxygen atoms in total. The van der Waals surface area contributed by atoms with Crippen LogP contribution in [0.1, 0.15) is 25.0 Å². The second kappa shape index (κ2) is 4.22. The van der Waals surface area contributed by atoms with Gasteiger partial charge in [-0.15, -0.1) is 0 Å². The van der Waals surface area contributed by atoms with Crippen molar-refractivity contribution in [2.75, 3.05) is 0 Å². The van der Waals surface area contributed by atoms with Gasteiger partial charge in [0.05, 0.1) is 0 Å². The molecular weight excluding hydrogens is 163 g/mol. The van der Waals surface area contributed by atoms with Crippen molar-refractivity contribution >= 4 is 6.08 Å². The summed E-state index contributed by atoms with van der Waals surface area (Å²) in [4.78, 5) is 0. The Morgan fingerprint density at radius 1 is 1.38 bits per heavy atom. The minimum absolute atomic E-state index is 0.173. The van der Waals surface area contributed by atoms with E-state index in [9.17, 15) is 4.39 Å². The van der Waals surface area contributed by atoms with Gasteiger partial charge in [-0.05, 0) is 35.6 Å². The lowest BCUT2D eigenvalue weighted by Crippen LogP contribution is -1.95. The lowest BCUT2D eigenvalue weighted by molar-refractivity contribution is 0.612. The van der Waals surface area contributed by atoms with Crippen LogP contribution in [0.15, 0.2) is 24.8 Å². The van der Waals surface area contributed by atoms with Gasteiger partial charge in [0.1, 0.15) is 5.82 Å². The summed E-state index contributed by atoms with van der Waals surface area (Å²) >= 11 is 0. The second-order valence-electron chi connectivity index (χ2n) is 3.69. The van der Waals surface area contributed by atoms with Gasteiger partial charge >= 0.3 is 0 Å². The van der Waals surface area contributed by atoms with Crippen LogP contribution in [-0.4, -0.2) is 0 Å². The van der Waals surface area contributed by atoms with Gasteiger partial charge < -0.3 is 0 Å². The number of halogens is 1. The molecule has 0 amide bonds. The van der Waals surface area contributed by atoms with Gasteiger partial charge in [-0.3, -0.25) is 0 Å². The Morgan fingerprint density at radius 2 is 2.08 bits per heavy atom. The molecule has 0 saturated carbocycles. The fourth-order valence-electron chi connectivity index (χ4n) is 1.38. The summed E-state index contributed by atoms with van der Waals surface area (Å²) in [5.41, 5.74) is 1.90. The van der Waals surface area contributed by atoms with Gasteiger partial charge in [0.25, 0.3) is 0 Å². The van der Waals surface area contributed by atoms with Crippen molar-refractivity contribution < 1.29 is 4.39 Å². The van der Waals surface area contributed by atoms with E-state index in [1.54, 1.807) is 12.1 Å². The van der Waals surface area contributed by atoms with E-state index in [1.165, 1.54) is 6.07 Å². The van der Waals surface area contributed by atoms with Crippen LogP contribution in [0.25, 0.3) is 6.08 Å². The molecule has 1 aromatic carbocycles. The van der Waals surface area contributed by atoms with E-state index in [4.69, 9.17) is 0 Å². The fourth-order valence-corrected chi connectivity index (χ4v) is 1.38. The highest BCUT2D eigenvalue weighted by Crippen LogP contribution is 2.13. The zero-order valence-corrected chi connectivity index (χ0v) is 8.18. The molecule has 1 rings (SSSR count). The summed E-state index contributed by atoms with van der Waals surface area (Å²) in [6.45, 7) is 7.87. The summed E-state index contributed by atoms with van der Waals surface area (Å²) in [6.07, 6.45) is 2.59. The molecule has 0 heterocycles. The number of rotatable bonds is 3. The van der Waals surface area contributed by atoms with Gasteiger partial charge in [0, 0.05) is 0 Å². The highest BCUT2D eigenvalue weighted by atomic mass is 19.1. The molecule has 0 saturated heterocycles. The van der Waals surface area contributed by atoms with Gasteiger partial charge in [0.15, 0.2) is 0 Å². The Hall–Kier alpha value is -1.11. The van der Waals surface area contributed by atoms with Crippen molar-refractivity contribution in [3.63, 3.8) is 0 Å². The highest BCUT2D eigenvalue weighted by Gasteiger charge is 2.01. The lowest BCUT2D eigenvalue weighted by Gasteiger charge is -2.06. The first-order valence-electron chi connectivity index (χ1n) is 4.53. The first kappa shape index (κ1) is 9.97. The Kier molecular flexibility index (Phi) is 3.24. The van der Waals surface area contributed by atoms with Crippen molar-refractivity contribution in [1.82, 2.24) is 0 Å². The molecule has 0 aliphatic rings. The SMILES string of the molecule is C=Cc1cc(F)cc(CC(C)C)c1. The van der Waals surface area contributed by atoms with E-state index < -0.39 is 0 Å². The topological polar surface area (TPSA) is 0 Å². The Balaban J connectivity index is 2.94. The van der Waals surface area contributed by atoms with E-state index in [0.29, 0.717) is 5.92 Å². The highest BCUT2D eigenvalue weighted by molar-refractivity contribution is 5.48. The van der Waals surface area contributed by atoms with Crippen LogP contribution >= 0.6 is 0 Å². The van der Waals surface area contributed by atoms with Crippen molar-refractivity contribution in [2.45, 2.75) is 20.3 Å². The smallest absolute Gasteiger partial charge is 0.124 e. The average molecular weight is 178 g/mol. The summed E-state index contributed by atoms with van der Waals surface area (Å²) in [5, 5.41) is 0. The maximum atomic E-state index is 13.0. The zero-order chi connectivity index (χ0) is 9.84. The predicted octanol–water partition coefficient (Wildman–Crippen LogP) is 3.67. The van der Waals surface area contributed by atoms with E-state index >= 15 is 0 Å². The zero-order valence-electron chi connectivity index (χ0n) is 8.18. The predicted molar refractivity (Wildman–Crippen MR) is 55.0 cm³/mol. The molecular formula is C12H15F. The molecule has 0 aliphatic heterocycles. The summed E-state index contributed by atoms with van der Waals surface area (Å²) in [7, 11) is 0. The van der Waals surface area contributed by atoms with Crippen molar-refractivity contribution in [3.05, 3.63) is 41.7 Å².